The van der Waals surface area contributed by atoms with Crippen LogP contribution >= 0.6 is 0 Å². The van der Waals surface area contributed by atoms with Crippen LogP contribution in [0.2, 0.25) is 0 Å². The lowest BCUT2D eigenvalue weighted by Crippen LogP contribution is -2.40. The van der Waals surface area contributed by atoms with Gasteiger partial charge in [-0.2, -0.15) is 0 Å². The van der Waals surface area contributed by atoms with Gasteiger partial charge in [-0.05, 0) is 48.1 Å². The SMILES string of the molecule is C[C@H]1[C@@H](C(=O)N(C=O)c2ccccc2F)[C@@H]2C=C[C@H]1C21CC1. The number of anilines is 1. The van der Waals surface area contributed by atoms with Crippen molar-refractivity contribution < 1.29 is 14.0 Å². The van der Waals surface area contributed by atoms with Crippen LogP contribution in [0.25, 0.3) is 0 Å². The molecule has 0 radical (unpaired) electrons. The molecule has 1 aromatic rings. The van der Waals surface area contributed by atoms with E-state index < -0.39 is 5.82 Å². The van der Waals surface area contributed by atoms with Crippen molar-refractivity contribution in [2.75, 3.05) is 4.90 Å². The average Bonchev–Trinajstić information content (AvgIpc) is 3.17. The zero-order chi connectivity index (χ0) is 15.5. The zero-order valence-corrected chi connectivity index (χ0v) is 12.4. The van der Waals surface area contributed by atoms with Gasteiger partial charge in [0.2, 0.25) is 12.3 Å². The van der Waals surface area contributed by atoms with E-state index in [0.717, 1.165) is 17.7 Å². The topological polar surface area (TPSA) is 37.4 Å². The maximum Gasteiger partial charge on any atom is 0.237 e. The molecule has 0 unspecified atom stereocenters. The van der Waals surface area contributed by atoms with Crippen molar-refractivity contribution in [1.82, 2.24) is 0 Å². The number of amides is 2. The van der Waals surface area contributed by atoms with Gasteiger partial charge in [-0.25, -0.2) is 9.29 Å². The standard InChI is InChI=1S/C18H18FNO2/c1-11-12-6-7-13(18(12)8-9-18)16(11)17(22)20(10-21)15-5-3-2-4-14(15)19/h2-7,10-13,16H,8-9H2,1H3/t11-,12-,13+,16-/m1/s1. The van der Waals surface area contributed by atoms with Crippen LogP contribution < -0.4 is 4.90 Å². The molecular formula is C18H18FNO2. The Morgan fingerprint density at radius 2 is 1.95 bits per heavy atom. The maximum atomic E-state index is 14.0. The third kappa shape index (κ3) is 1.61. The molecule has 0 saturated heterocycles. The summed E-state index contributed by atoms with van der Waals surface area (Å²) < 4.78 is 14.0. The fraction of sp³-hybridized carbons (Fsp3) is 0.444. The fourth-order valence-corrected chi connectivity index (χ4v) is 4.80. The number of benzene rings is 1. The van der Waals surface area contributed by atoms with Crippen LogP contribution in [-0.2, 0) is 9.59 Å². The Balaban J connectivity index is 1.68. The van der Waals surface area contributed by atoms with Crippen molar-refractivity contribution >= 4 is 18.0 Å². The summed E-state index contributed by atoms with van der Waals surface area (Å²) in [5, 5.41) is 0. The van der Waals surface area contributed by atoms with Gasteiger partial charge in [0.1, 0.15) is 5.82 Å². The maximum absolute atomic E-state index is 14.0. The molecule has 3 nitrogen and oxygen atoms in total. The van der Waals surface area contributed by atoms with E-state index in [4.69, 9.17) is 0 Å². The van der Waals surface area contributed by atoms with E-state index in [9.17, 15) is 14.0 Å². The second kappa shape index (κ2) is 4.51. The summed E-state index contributed by atoms with van der Waals surface area (Å²) in [6, 6.07) is 5.93. The smallest absolute Gasteiger partial charge is 0.237 e. The van der Waals surface area contributed by atoms with Crippen molar-refractivity contribution in [2.24, 2.45) is 29.1 Å². The number of allylic oxidation sites excluding steroid dienone is 2. The van der Waals surface area contributed by atoms with Gasteiger partial charge in [-0.15, -0.1) is 0 Å². The van der Waals surface area contributed by atoms with E-state index in [2.05, 4.69) is 19.1 Å². The van der Waals surface area contributed by atoms with Crippen LogP contribution in [0.4, 0.5) is 10.1 Å². The number of carbonyl (C=O) groups is 2. The quantitative estimate of drug-likeness (QED) is 0.635. The molecule has 1 aromatic carbocycles. The highest BCUT2D eigenvalue weighted by Crippen LogP contribution is 2.72. The number of carbonyl (C=O) groups excluding carboxylic acids is 2. The molecule has 2 amide bonds. The minimum atomic E-state index is -0.546. The third-order valence-electron chi connectivity index (χ3n) is 5.94. The lowest BCUT2D eigenvalue weighted by atomic mass is 9.83. The van der Waals surface area contributed by atoms with Gasteiger partial charge in [0.05, 0.1) is 5.69 Å². The van der Waals surface area contributed by atoms with Crippen LogP contribution in [-0.4, -0.2) is 12.3 Å². The number of nitrogens with zero attached hydrogens (tertiary/aromatic N) is 1. The van der Waals surface area contributed by atoms with Gasteiger partial charge in [0.25, 0.3) is 0 Å². The van der Waals surface area contributed by atoms with Crippen LogP contribution in [0.1, 0.15) is 19.8 Å². The van der Waals surface area contributed by atoms with Gasteiger partial charge < -0.3 is 0 Å². The predicted molar refractivity (Wildman–Crippen MR) is 80.4 cm³/mol. The number of para-hydroxylation sites is 1. The van der Waals surface area contributed by atoms with Gasteiger partial charge in [0, 0.05) is 5.92 Å². The summed E-state index contributed by atoms with van der Waals surface area (Å²) in [4.78, 5) is 25.4. The second-order valence-corrected chi connectivity index (χ2v) is 6.82. The van der Waals surface area contributed by atoms with Gasteiger partial charge in [0.15, 0.2) is 0 Å². The fourth-order valence-electron chi connectivity index (χ4n) is 4.80. The Kier molecular flexibility index (Phi) is 2.80. The van der Waals surface area contributed by atoms with Crippen molar-refractivity contribution in [3.8, 4) is 0 Å². The first-order valence-corrected chi connectivity index (χ1v) is 7.81. The Labute approximate surface area is 128 Å². The molecule has 2 fully saturated rings. The molecular weight excluding hydrogens is 281 g/mol. The molecule has 0 aromatic heterocycles. The number of rotatable bonds is 3. The Hall–Kier alpha value is -1.97. The third-order valence-corrected chi connectivity index (χ3v) is 5.94. The first kappa shape index (κ1) is 13.7. The van der Waals surface area contributed by atoms with Crippen LogP contribution in [0.15, 0.2) is 36.4 Å². The highest BCUT2D eigenvalue weighted by molar-refractivity contribution is 6.08. The van der Waals surface area contributed by atoms with Crippen LogP contribution in [0.3, 0.4) is 0 Å². The van der Waals surface area contributed by atoms with Crippen molar-refractivity contribution in [3.05, 3.63) is 42.2 Å². The number of halogens is 1. The Morgan fingerprint density at radius 1 is 1.27 bits per heavy atom. The highest BCUT2D eigenvalue weighted by atomic mass is 19.1. The highest BCUT2D eigenvalue weighted by Gasteiger charge is 2.67. The first-order chi connectivity index (χ1) is 10.6. The minimum Gasteiger partial charge on any atom is -0.278 e. The molecule has 2 bridgehead atoms. The van der Waals surface area contributed by atoms with E-state index >= 15 is 0 Å². The van der Waals surface area contributed by atoms with E-state index in [1.54, 1.807) is 12.1 Å². The van der Waals surface area contributed by atoms with E-state index in [1.807, 2.05) is 0 Å². The number of hydrogen-bond acceptors (Lipinski definition) is 2. The van der Waals surface area contributed by atoms with Crippen LogP contribution in [0.5, 0.6) is 0 Å². The molecule has 4 heteroatoms. The summed E-state index contributed by atoms with van der Waals surface area (Å²) in [6.45, 7) is 2.08. The van der Waals surface area contributed by atoms with E-state index in [-0.39, 0.29) is 34.8 Å². The minimum absolute atomic E-state index is 0.0475. The molecule has 0 heterocycles. The molecule has 114 valence electrons. The van der Waals surface area contributed by atoms with Crippen LogP contribution in [0, 0.1) is 34.9 Å². The molecule has 4 atom stereocenters. The second-order valence-electron chi connectivity index (χ2n) is 6.82. The van der Waals surface area contributed by atoms with Crippen molar-refractivity contribution in [1.29, 1.82) is 0 Å². The number of hydrogen-bond donors (Lipinski definition) is 0. The molecule has 22 heavy (non-hydrogen) atoms. The Morgan fingerprint density at radius 3 is 2.55 bits per heavy atom. The molecule has 2 saturated carbocycles. The summed E-state index contributed by atoms with van der Waals surface area (Å²) in [5.41, 5.74) is 0.301. The van der Waals surface area contributed by atoms with Crippen molar-refractivity contribution in [2.45, 2.75) is 19.8 Å². The van der Waals surface area contributed by atoms with E-state index in [0.29, 0.717) is 12.3 Å². The van der Waals surface area contributed by atoms with Gasteiger partial charge in [-0.3, -0.25) is 9.59 Å². The van der Waals surface area contributed by atoms with Gasteiger partial charge >= 0.3 is 0 Å². The predicted octanol–water partition coefficient (Wildman–Crippen LogP) is 3.16. The zero-order valence-electron chi connectivity index (χ0n) is 12.4. The molecule has 3 aliphatic rings. The monoisotopic (exact) mass is 299 g/mol. The average molecular weight is 299 g/mol. The molecule has 4 rings (SSSR count). The summed E-state index contributed by atoms with van der Waals surface area (Å²) in [7, 11) is 0. The van der Waals surface area contributed by atoms with Crippen molar-refractivity contribution in [3.63, 3.8) is 0 Å². The lowest BCUT2D eigenvalue weighted by molar-refractivity contribution is -0.127. The number of imide groups is 1. The molecule has 0 aliphatic heterocycles. The largest absolute Gasteiger partial charge is 0.278 e. The Bertz CT molecular complexity index is 679. The van der Waals surface area contributed by atoms with E-state index in [1.165, 1.54) is 12.1 Å². The summed E-state index contributed by atoms with van der Waals surface area (Å²) >= 11 is 0. The molecule has 1 spiro atoms. The lowest BCUT2D eigenvalue weighted by Gasteiger charge is -2.27. The molecule has 3 aliphatic carbocycles. The molecule has 0 N–H and O–H groups in total. The first-order valence-electron chi connectivity index (χ1n) is 7.81. The normalized spacial score (nSPS) is 33.2. The summed E-state index contributed by atoms with van der Waals surface area (Å²) in [5.74, 6) is -0.192. The van der Waals surface area contributed by atoms with Gasteiger partial charge in [-0.1, -0.05) is 31.2 Å². The summed E-state index contributed by atoms with van der Waals surface area (Å²) in [6.07, 6.45) is 7.14.